The first-order chi connectivity index (χ1) is 5.20. The molecule has 1 aliphatic heterocycles. The highest BCUT2D eigenvalue weighted by Crippen LogP contribution is 2.40. The molecule has 0 saturated heterocycles. The molecule has 1 aliphatic carbocycles. The molecule has 1 saturated carbocycles. The Morgan fingerprint density at radius 1 is 1.45 bits per heavy atom. The Morgan fingerprint density at radius 2 is 2.09 bits per heavy atom. The van der Waals surface area contributed by atoms with Gasteiger partial charge in [0.15, 0.2) is 0 Å². The van der Waals surface area contributed by atoms with Gasteiger partial charge in [0.2, 0.25) is 0 Å². The molecule has 2 nitrogen and oxygen atoms in total. The van der Waals surface area contributed by atoms with Crippen molar-refractivity contribution in [3.63, 3.8) is 0 Å². The summed E-state index contributed by atoms with van der Waals surface area (Å²) in [6.45, 7) is 4.44. The summed E-state index contributed by atoms with van der Waals surface area (Å²) in [5.74, 6) is 1.63. The van der Waals surface area contributed by atoms with Gasteiger partial charge in [-0.3, -0.25) is 5.01 Å². The van der Waals surface area contributed by atoms with Crippen LogP contribution in [0.1, 0.15) is 26.7 Å². The zero-order valence-corrected chi connectivity index (χ0v) is 7.54. The summed E-state index contributed by atoms with van der Waals surface area (Å²) < 4.78 is 0. The summed E-state index contributed by atoms with van der Waals surface area (Å²) in [6, 6.07) is 0.718. The molecular formula is C9H16N2. The highest BCUT2D eigenvalue weighted by molar-refractivity contribution is 5.85. The molecule has 0 N–H and O–H groups in total. The number of hydrogen-bond acceptors (Lipinski definition) is 2. The molecule has 1 heterocycles. The van der Waals surface area contributed by atoms with Crippen LogP contribution in [0, 0.1) is 11.8 Å². The van der Waals surface area contributed by atoms with E-state index in [-0.39, 0.29) is 0 Å². The molecular weight excluding hydrogens is 136 g/mol. The van der Waals surface area contributed by atoms with E-state index in [1.807, 2.05) is 0 Å². The number of rotatable bonds is 1. The van der Waals surface area contributed by atoms with Crippen LogP contribution in [0.2, 0.25) is 0 Å². The third kappa shape index (κ3) is 1.05. The monoisotopic (exact) mass is 152 g/mol. The fraction of sp³-hybridized carbons (Fsp3) is 0.889. The first-order valence-corrected chi connectivity index (χ1v) is 4.48. The van der Waals surface area contributed by atoms with Gasteiger partial charge in [-0.05, 0) is 25.7 Å². The molecule has 2 atom stereocenters. The van der Waals surface area contributed by atoms with Crippen molar-refractivity contribution in [1.29, 1.82) is 0 Å². The molecule has 2 heteroatoms. The van der Waals surface area contributed by atoms with E-state index in [0.717, 1.165) is 12.0 Å². The Kier molecular flexibility index (Phi) is 1.44. The first-order valence-electron chi connectivity index (χ1n) is 4.48. The normalized spacial score (nSPS) is 37.7. The lowest BCUT2D eigenvalue weighted by Gasteiger charge is -2.21. The highest BCUT2D eigenvalue weighted by Gasteiger charge is 2.41. The molecule has 2 aliphatic rings. The smallest absolute Gasteiger partial charge is 0.0573 e. The van der Waals surface area contributed by atoms with E-state index in [0.29, 0.717) is 5.92 Å². The van der Waals surface area contributed by atoms with Crippen LogP contribution >= 0.6 is 0 Å². The standard InChI is InChI=1S/C9H16N2/c1-6-7(2)10-11(3)9(6)8-4-5-8/h6,8-9H,4-5H2,1-3H3. The molecule has 0 amide bonds. The molecule has 0 aromatic rings. The van der Waals surface area contributed by atoms with E-state index < -0.39 is 0 Å². The van der Waals surface area contributed by atoms with E-state index in [4.69, 9.17) is 0 Å². The van der Waals surface area contributed by atoms with Crippen LogP contribution in [-0.4, -0.2) is 23.8 Å². The van der Waals surface area contributed by atoms with Crippen molar-refractivity contribution >= 4 is 5.71 Å². The minimum absolute atomic E-state index is 0.687. The van der Waals surface area contributed by atoms with Crippen molar-refractivity contribution < 1.29 is 0 Å². The highest BCUT2D eigenvalue weighted by atomic mass is 15.5. The van der Waals surface area contributed by atoms with Crippen LogP contribution in [0.15, 0.2) is 5.10 Å². The first kappa shape index (κ1) is 7.14. The molecule has 11 heavy (non-hydrogen) atoms. The summed E-state index contributed by atoms with van der Waals surface area (Å²) in [7, 11) is 2.11. The summed E-state index contributed by atoms with van der Waals surface area (Å²) in [5.41, 5.74) is 1.31. The quantitative estimate of drug-likeness (QED) is 0.558. The van der Waals surface area contributed by atoms with Gasteiger partial charge in [-0.1, -0.05) is 6.92 Å². The van der Waals surface area contributed by atoms with Crippen LogP contribution in [0.3, 0.4) is 0 Å². The maximum Gasteiger partial charge on any atom is 0.0573 e. The van der Waals surface area contributed by atoms with Crippen molar-refractivity contribution in [2.24, 2.45) is 16.9 Å². The molecule has 0 spiro atoms. The van der Waals surface area contributed by atoms with Crippen molar-refractivity contribution in [3.8, 4) is 0 Å². The van der Waals surface area contributed by atoms with E-state index in [1.165, 1.54) is 18.6 Å². The lowest BCUT2D eigenvalue weighted by atomic mass is 9.95. The molecule has 62 valence electrons. The van der Waals surface area contributed by atoms with Crippen LogP contribution in [-0.2, 0) is 0 Å². The Morgan fingerprint density at radius 3 is 2.45 bits per heavy atom. The number of nitrogens with zero attached hydrogens (tertiary/aromatic N) is 2. The Balaban J connectivity index is 2.11. The van der Waals surface area contributed by atoms with Gasteiger partial charge >= 0.3 is 0 Å². The topological polar surface area (TPSA) is 15.6 Å². The lowest BCUT2D eigenvalue weighted by Crippen LogP contribution is -2.30. The predicted octanol–water partition coefficient (Wildman–Crippen LogP) is 1.72. The van der Waals surface area contributed by atoms with E-state index in [1.54, 1.807) is 0 Å². The fourth-order valence-corrected chi connectivity index (χ4v) is 2.13. The summed E-state index contributed by atoms with van der Waals surface area (Å²) in [5, 5.41) is 6.63. The van der Waals surface area contributed by atoms with Gasteiger partial charge in [0, 0.05) is 18.7 Å². The van der Waals surface area contributed by atoms with E-state index in [9.17, 15) is 0 Å². The largest absolute Gasteiger partial charge is 0.296 e. The van der Waals surface area contributed by atoms with Crippen LogP contribution in [0.5, 0.6) is 0 Å². The Bertz CT molecular complexity index is 194. The molecule has 0 radical (unpaired) electrons. The fourth-order valence-electron chi connectivity index (χ4n) is 2.13. The van der Waals surface area contributed by atoms with Gasteiger partial charge in [-0.2, -0.15) is 5.10 Å². The molecule has 0 aromatic carbocycles. The Labute approximate surface area is 68.3 Å². The van der Waals surface area contributed by atoms with Crippen LogP contribution < -0.4 is 0 Å². The minimum Gasteiger partial charge on any atom is -0.296 e. The SMILES string of the molecule is CC1=NN(C)C(C2CC2)C1C. The van der Waals surface area contributed by atoms with Crippen LogP contribution in [0.4, 0.5) is 0 Å². The Hall–Kier alpha value is -0.530. The second kappa shape index (κ2) is 2.23. The third-order valence-electron chi connectivity index (χ3n) is 3.02. The number of hydrogen-bond donors (Lipinski definition) is 0. The van der Waals surface area contributed by atoms with Crippen molar-refractivity contribution in [2.75, 3.05) is 7.05 Å². The molecule has 0 bridgehead atoms. The van der Waals surface area contributed by atoms with E-state index >= 15 is 0 Å². The molecule has 2 unspecified atom stereocenters. The van der Waals surface area contributed by atoms with Crippen molar-refractivity contribution in [2.45, 2.75) is 32.7 Å². The maximum absolute atomic E-state index is 4.46. The molecule has 2 rings (SSSR count). The zero-order valence-electron chi connectivity index (χ0n) is 7.54. The van der Waals surface area contributed by atoms with Gasteiger partial charge in [0.1, 0.15) is 0 Å². The predicted molar refractivity (Wildman–Crippen MR) is 46.5 cm³/mol. The van der Waals surface area contributed by atoms with Gasteiger partial charge in [-0.25, -0.2) is 0 Å². The van der Waals surface area contributed by atoms with Crippen LogP contribution in [0.25, 0.3) is 0 Å². The lowest BCUT2D eigenvalue weighted by molar-refractivity contribution is 0.226. The minimum atomic E-state index is 0.687. The van der Waals surface area contributed by atoms with Crippen molar-refractivity contribution in [1.82, 2.24) is 5.01 Å². The molecule has 1 fully saturated rings. The average molecular weight is 152 g/mol. The summed E-state index contributed by atoms with van der Waals surface area (Å²) in [6.07, 6.45) is 2.84. The zero-order chi connectivity index (χ0) is 8.01. The summed E-state index contributed by atoms with van der Waals surface area (Å²) >= 11 is 0. The number of hydrazone groups is 1. The average Bonchev–Trinajstić information content (AvgIpc) is 2.68. The van der Waals surface area contributed by atoms with Gasteiger partial charge in [0.05, 0.1) is 6.04 Å². The van der Waals surface area contributed by atoms with Gasteiger partial charge in [-0.15, -0.1) is 0 Å². The molecule has 0 aromatic heterocycles. The van der Waals surface area contributed by atoms with Crippen molar-refractivity contribution in [3.05, 3.63) is 0 Å². The summed E-state index contributed by atoms with van der Waals surface area (Å²) in [4.78, 5) is 0. The third-order valence-corrected chi connectivity index (χ3v) is 3.02. The maximum atomic E-state index is 4.46. The van der Waals surface area contributed by atoms with Gasteiger partial charge in [0.25, 0.3) is 0 Å². The van der Waals surface area contributed by atoms with Gasteiger partial charge < -0.3 is 0 Å². The second-order valence-electron chi connectivity index (χ2n) is 3.93. The van der Waals surface area contributed by atoms with E-state index in [2.05, 4.69) is 31.0 Å². The second-order valence-corrected chi connectivity index (χ2v) is 3.93.